The predicted molar refractivity (Wildman–Crippen MR) is 64.5 cm³/mol. The standard InChI is InChI=1S/C10H13F3N4OS/c11-10(12,13)6-3-1-5(2-4-6)7(18)15-9-17-16-8(14)19-9/h5-6H,1-4H2,(H2,14,16)(H,15,17,18). The summed E-state index contributed by atoms with van der Waals surface area (Å²) in [5.74, 6) is -1.99. The summed E-state index contributed by atoms with van der Waals surface area (Å²) in [6.45, 7) is 0. The van der Waals surface area contributed by atoms with Gasteiger partial charge in [0.25, 0.3) is 0 Å². The van der Waals surface area contributed by atoms with Crippen LogP contribution in [-0.4, -0.2) is 22.3 Å². The van der Waals surface area contributed by atoms with Crippen LogP contribution < -0.4 is 11.1 Å². The molecule has 0 atom stereocenters. The molecule has 1 aliphatic rings. The van der Waals surface area contributed by atoms with E-state index in [4.69, 9.17) is 5.73 Å². The maximum Gasteiger partial charge on any atom is 0.391 e. The molecule has 0 spiro atoms. The number of hydrogen-bond acceptors (Lipinski definition) is 5. The van der Waals surface area contributed by atoms with Crippen LogP contribution in [-0.2, 0) is 4.79 Å². The molecular weight excluding hydrogens is 281 g/mol. The second-order valence-electron chi connectivity index (χ2n) is 4.52. The van der Waals surface area contributed by atoms with E-state index in [1.807, 2.05) is 0 Å². The van der Waals surface area contributed by atoms with Crippen molar-refractivity contribution in [3.05, 3.63) is 0 Å². The summed E-state index contributed by atoms with van der Waals surface area (Å²) in [5, 5.41) is 10.2. The maximum atomic E-state index is 12.5. The molecule has 1 aliphatic carbocycles. The normalized spacial score (nSPS) is 24.2. The Kier molecular flexibility index (Phi) is 3.93. The van der Waals surface area contributed by atoms with Gasteiger partial charge in [0, 0.05) is 5.92 Å². The number of nitrogen functional groups attached to an aromatic ring is 1. The first kappa shape index (κ1) is 14.0. The third-order valence-electron chi connectivity index (χ3n) is 3.23. The average molecular weight is 294 g/mol. The zero-order valence-electron chi connectivity index (χ0n) is 9.91. The molecule has 1 fully saturated rings. The van der Waals surface area contributed by atoms with E-state index in [0.29, 0.717) is 0 Å². The number of carbonyl (C=O) groups excluding carboxylic acids is 1. The highest BCUT2D eigenvalue weighted by atomic mass is 32.1. The molecule has 3 N–H and O–H groups in total. The number of rotatable bonds is 2. The first-order valence-corrected chi connectivity index (χ1v) is 6.64. The van der Waals surface area contributed by atoms with Gasteiger partial charge in [-0.15, -0.1) is 10.2 Å². The second kappa shape index (κ2) is 5.32. The molecule has 1 aromatic heterocycles. The number of carbonyl (C=O) groups is 1. The molecule has 0 bridgehead atoms. The Morgan fingerprint density at radius 1 is 1.26 bits per heavy atom. The molecule has 19 heavy (non-hydrogen) atoms. The summed E-state index contributed by atoms with van der Waals surface area (Å²) in [5.41, 5.74) is 5.37. The van der Waals surface area contributed by atoms with Crippen LogP contribution in [0.1, 0.15) is 25.7 Å². The van der Waals surface area contributed by atoms with Gasteiger partial charge in [0.05, 0.1) is 5.92 Å². The van der Waals surface area contributed by atoms with Crippen molar-refractivity contribution < 1.29 is 18.0 Å². The van der Waals surface area contributed by atoms with Gasteiger partial charge in [-0.25, -0.2) is 0 Å². The molecule has 9 heteroatoms. The lowest BCUT2D eigenvalue weighted by Gasteiger charge is -2.28. The van der Waals surface area contributed by atoms with Gasteiger partial charge in [-0.2, -0.15) is 13.2 Å². The number of nitrogens with zero attached hydrogens (tertiary/aromatic N) is 2. The van der Waals surface area contributed by atoms with Crippen LogP contribution >= 0.6 is 11.3 Å². The number of nitrogens with two attached hydrogens (primary N) is 1. The molecule has 106 valence electrons. The van der Waals surface area contributed by atoms with Crippen molar-refractivity contribution in [3.63, 3.8) is 0 Å². The van der Waals surface area contributed by atoms with E-state index in [1.165, 1.54) is 0 Å². The Bertz CT molecular complexity index is 454. The van der Waals surface area contributed by atoms with Crippen LogP contribution in [0.4, 0.5) is 23.4 Å². The van der Waals surface area contributed by atoms with Gasteiger partial charge in [0.1, 0.15) is 0 Å². The fraction of sp³-hybridized carbons (Fsp3) is 0.700. The molecule has 2 rings (SSSR count). The van der Waals surface area contributed by atoms with Crippen molar-refractivity contribution >= 4 is 27.5 Å². The van der Waals surface area contributed by atoms with E-state index in [-0.39, 0.29) is 41.9 Å². The third-order valence-corrected chi connectivity index (χ3v) is 3.90. The minimum absolute atomic E-state index is 0.000154. The molecule has 1 heterocycles. The van der Waals surface area contributed by atoms with Crippen LogP contribution in [0.2, 0.25) is 0 Å². The SMILES string of the molecule is Nc1nnc(NC(=O)C2CCC(C(F)(F)F)CC2)s1. The summed E-state index contributed by atoms with van der Waals surface area (Å²) in [6.07, 6.45) is -3.68. The Labute approximate surface area is 111 Å². The molecule has 0 aromatic carbocycles. The van der Waals surface area contributed by atoms with Crippen LogP contribution in [0.3, 0.4) is 0 Å². The van der Waals surface area contributed by atoms with E-state index < -0.39 is 18.0 Å². The van der Waals surface area contributed by atoms with Gasteiger partial charge >= 0.3 is 6.18 Å². The molecule has 1 amide bonds. The van der Waals surface area contributed by atoms with E-state index in [0.717, 1.165) is 11.3 Å². The predicted octanol–water partition coefficient (Wildman–Crippen LogP) is 2.43. The highest BCUT2D eigenvalue weighted by molar-refractivity contribution is 7.18. The Balaban J connectivity index is 1.86. The highest BCUT2D eigenvalue weighted by Crippen LogP contribution is 2.39. The van der Waals surface area contributed by atoms with Gasteiger partial charge in [0.15, 0.2) is 0 Å². The first-order valence-electron chi connectivity index (χ1n) is 5.83. The Morgan fingerprint density at radius 2 is 1.89 bits per heavy atom. The second-order valence-corrected chi connectivity index (χ2v) is 5.53. The monoisotopic (exact) mass is 294 g/mol. The topological polar surface area (TPSA) is 80.9 Å². The Morgan fingerprint density at radius 3 is 2.37 bits per heavy atom. The van der Waals surface area contributed by atoms with Crippen LogP contribution in [0.15, 0.2) is 0 Å². The van der Waals surface area contributed by atoms with E-state index >= 15 is 0 Å². The largest absolute Gasteiger partial charge is 0.391 e. The molecular formula is C10H13F3N4OS. The van der Waals surface area contributed by atoms with Crippen molar-refractivity contribution in [1.82, 2.24) is 10.2 Å². The number of alkyl halides is 3. The number of nitrogens with one attached hydrogen (secondary N) is 1. The third kappa shape index (κ3) is 3.55. The summed E-state index contributed by atoms with van der Waals surface area (Å²) in [7, 11) is 0. The van der Waals surface area contributed by atoms with Crippen molar-refractivity contribution in [1.29, 1.82) is 0 Å². The fourth-order valence-electron chi connectivity index (χ4n) is 2.18. The molecule has 0 saturated heterocycles. The van der Waals surface area contributed by atoms with E-state index in [1.54, 1.807) is 0 Å². The number of halogens is 3. The van der Waals surface area contributed by atoms with E-state index in [9.17, 15) is 18.0 Å². The summed E-state index contributed by atoms with van der Waals surface area (Å²) in [4.78, 5) is 11.8. The number of amides is 1. The van der Waals surface area contributed by atoms with Gasteiger partial charge < -0.3 is 11.1 Å². The highest BCUT2D eigenvalue weighted by Gasteiger charge is 2.42. The minimum Gasteiger partial charge on any atom is -0.374 e. The fourth-order valence-corrected chi connectivity index (χ4v) is 2.69. The van der Waals surface area contributed by atoms with Crippen LogP contribution in [0, 0.1) is 11.8 Å². The molecule has 5 nitrogen and oxygen atoms in total. The quantitative estimate of drug-likeness (QED) is 0.877. The maximum absolute atomic E-state index is 12.5. The Hall–Kier alpha value is -1.38. The minimum atomic E-state index is -4.16. The lowest BCUT2D eigenvalue weighted by molar-refractivity contribution is -0.184. The molecule has 1 aromatic rings. The van der Waals surface area contributed by atoms with Crippen molar-refractivity contribution in [3.8, 4) is 0 Å². The van der Waals surface area contributed by atoms with Gasteiger partial charge in [-0.05, 0) is 25.7 Å². The van der Waals surface area contributed by atoms with Gasteiger partial charge in [0.2, 0.25) is 16.2 Å². The van der Waals surface area contributed by atoms with E-state index in [2.05, 4.69) is 15.5 Å². The summed E-state index contributed by atoms with van der Waals surface area (Å²) in [6, 6.07) is 0. The zero-order chi connectivity index (χ0) is 14.0. The number of anilines is 2. The summed E-state index contributed by atoms with van der Waals surface area (Å²) < 4.78 is 37.5. The van der Waals surface area contributed by atoms with Gasteiger partial charge in [-0.3, -0.25) is 4.79 Å². The molecule has 1 saturated carbocycles. The lowest BCUT2D eigenvalue weighted by atomic mass is 9.81. The zero-order valence-corrected chi connectivity index (χ0v) is 10.7. The van der Waals surface area contributed by atoms with Crippen LogP contribution in [0.25, 0.3) is 0 Å². The molecule has 0 unspecified atom stereocenters. The lowest BCUT2D eigenvalue weighted by Crippen LogP contribution is -2.32. The molecule has 0 radical (unpaired) electrons. The van der Waals surface area contributed by atoms with Gasteiger partial charge in [-0.1, -0.05) is 11.3 Å². The molecule has 0 aliphatic heterocycles. The van der Waals surface area contributed by atoms with Crippen molar-refractivity contribution in [2.75, 3.05) is 11.1 Å². The smallest absolute Gasteiger partial charge is 0.374 e. The average Bonchev–Trinajstić information content (AvgIpc) is 2.74. The first-order chi connectivity index (χ1) is 8.86. The van der Waals surface area contributed by atoms with Crippen LogP contribution in [0.5, 0.6) is 0 Å². The summed E-state index contributed by atoms with van der Waals surface area (Å²) >= 11 is 1.03. The van der Waals surface area contributed by atoms with Crippen molar-refractivity contribution in [2.24, 2.45) is 11.8 Å². The number of hydrogen-bond donors (Lipinski definition) is 2. The number of aromatic nitrogens is 2. The van der Waals surface area contributed by atoms with Crippen molar-refractivity contribution in [2.45, 2.75) is 31.9 Å².